The van der Waals surface area contributed by atoms with Crippen LogP contribution in [0.25, 0.3) is 0 Å². The number of nitrogens with zero attached hydrogens (tertiary/aromatic N) is 3. The van der Waals surface area contributed by atoms with Gasteiger partial charge in [0.15, 0.2) is 0 Å². The molecule has 0 bridgehead atoms. The minimum Gasteiger partial charge on any atom is -0.481 e. The Labute approximate surface area is 125 Å². The Morgan fingerprint density at radius 3 is 2.95 bits per heavy atom. The van der Waals surface area contributed by atoms with Crippen LogP contribution in [0, 0.1) is 5.92 Å². The first-order valence-electron chi connectivity index (χ1n) is 8.13. The maximum atomic E-state index is 11.3. The summed E-state index contributed by atoms with van der Waals surface area (Å²) < 4.78 is 2.01. The fourth-order valence-electron chi connectivity index (χ4n) is 3.84. The third-order valence-electron chi connectivity index (χ3n) is 5.18. The topological polar surface area (TPSA) is 58.4 Å². The lowest BCUT2D eigenvalue weighted by Crippen LogP contribution is -2.58. The maximum Gasteiger partial charge on any atom is 0.306 e. The molecule has 5 heteroatoms. The first-order valence-corrected chi connectivity index (χ1v) is 8.13. The van der Waals surface area contributed by atoms with Crippen LogP contribution in [0.1, 0.15) is 51.1 Å². The molecule has 1 saturated carbocycles. The van der Waals surface area contributed by atoms with E-state index in [4.69, 9.17) is 0 Å². The normalized spacial score (nSPS) is 24.9. The molecule has 1 aliphatic heterocycles. The van der Waals surface area contributed by atoms with E-state index in [1.54, 1.807) is 0 Å². The second-order valence-electron chi connectivity index (χ2n) is 6.60. The van der Waals surface area contributed by atoms with E-state index in [1.165, 1.54) is 6.42 Å². The van der Waals surface area contributed by atoms with Crippen LogP contribution in [0.3, 0.4) is 0 Å². The number of aromatic nitrogens is 2. The quantitative estimate of drug-likeness (QED) is 0.905. The molecule has 116 valence electrons. The van der Waals surface area contributed by atoms with Gasteiger partial charge in [-0.3, -0.25) is 14.4 Å². The van der Waals surface area contributed by atoms with Gasteiger partial charge in [-0.15, -0.1) is 0 Å². The van der Waals surface area contributed by atoms with E-state index in [0.717, 1.165) is 57.4 Å². The van der Waals surface area contributed by atoms with Crippen molar-refractivity contribution in [1.82, 2.24) is 14.7 Å². The van der Waals surface area contributed by atoms with Gasteiger partial charge in [-0.25, -0.2) is 0 Å². The molecule has 1 aromatic rings. The molecule has 5 nitrogen and oxygen atoms in total. The van der Waals surface area contributed by atoms with E-state index < -0.39 is 5.97 Å². The molecule has 1 unspecified atom stereocenters. The van der Waals surface area contributed by atoms with Gasteiger partial charge in [0.1, 0.15) is 0 Å². The molecule has 3 rings (SSSR count). The van der Waals surface area contributed by atoms with Crippen molar-refractivity contribution in [3.63, 3.8) is 0 Å². The van der Waals surface area contributed by atoms with Crippen LogP contribution in [0.4, 0.5) is 0 Å². The molecule has 2 aliphatic rings. The van der Waals surface area contributed by atoms with Crippen LogP contribution in [0.5, 0.6) is 0 Å². The number of carboxylic acid groups (broad SMARTS) is 1. The van der Waals surface area contributed by atoms with Crippen LogP contribution in [0.15, 0.2) is 12.3 Å². The van der Waals surface area contributed by atoms with Crippen LogP contribution in [-0.4, -0.2) is 37.8 Å². The van der Waals surface area contributed by atoms with Gasteiger partial charge in [0, 0.05) is 24.8 Å². The van der Waals surface area contributed by atoms with Gasteiger partial charge in [-0.2, -0.15) is 5.10 Å². The largest absolute Gasteiger partial charge is 0.481 e. The van der Waals surface area contributed by atoms with Crippen molar-refractivity contribution < 1.29 is 9.90 Å². The Kier molecular flexibility index (Phi) is 4.02. The number of hydrogen-bond acceptors (Lipinski definition) is 3. The van der Waals surface area contributed by atoms with Crippen molar-refractivity contribution in [2.75, 3.05) is 6.54 Å². The number of rotatable bonds is 5. The van der Waals surface area contributed by atoms with Crippen LogP contribution < -0.4 is 0 Å². The van der Waals surface area contributed by atoms with Gasteiger partial charge in [-0.1, -0.05) is 6.92 Å². The van der Waals surface area contributed by atoms with E-state index in [-0.39, 0.29) is 11.5 Å². The number of hydrogen-bond donors (Lipinski definition) is 1. The van der Waals surface area contributed by atoms with E-state index in [2.05, 4.69) is 29.2 Å². The predicted octanol–water partition coefficient (Wildman–Crippen LogP) is 2.51. The highest BCUT2D eigenvalue weighted by Gasteiger charge is 2.48. The van der Waals surface area contributed by atoms with Gasteiger partial charge in [0.25, 0.3) is 0 Å². The summed E-state index contributed by atoms with van der Waals surface area (Å²) in [6.07, 6.45) is 8.25. The summed E-state index contributed by atoms with van der Waals surface area (Å²) in [5, 5.41) is 13.9. The van der Waals surface area contributed by atoms with Crippen molar-refractivity contribution in [2.24, 2.45) is 5.92 Å². The fourth-order valence-corrected chi connectivity index (χ4v) is 3.84. The molecule has 0 aromatic carbocycles. The zero-order valence-electron chi connectivity index (χ0n) is 12.8. The highest BCUT2D eigenvalue weighted by molar-refractivity contribution is 5.70. The van der Waals surface area contributed by atoms with Crippen molar-refractivity contribution in [1.29, 1.82) is 0 Å². The molecule has 0 radical (unpaired) electrons. The Balaban J connectivity index is 1.68. The molecular weight excluding hydrogens is 266 g/mol. The molecule has 0 amide bonds. The van der Waals surface area contributed by atoms with Crippen molar-refractivity contribution in [3.8, 4) is 0 Å². The number of piperidine rings is 1. The smallest absolute Gasteiger partial charge is 0.306 e. The number of likely N-dealkylation sites (tertiary alicyclic amines) is 1. The molecule has 1 N–H and O–H groups in total. The number of carbonyl (C=O) groups is 1. The van der Waals surface area contributed by atoms with Crippen molar-refractivity contribution >= 4 is 5.97 Å². The highest BCUT2D eigenvalue weighted by atomic mass is 16.4. The standard InChI is InChI=1S/C16H25N3O2/c1-2-8-19-10-5-14(17-19)12-18-9-4-13(15(20)21)11-16(18)6-3-7-16/h5,10,13H,2-4,6-9,11-12H2,1H3,(H,20,21). The Morgan fingerprint density at radius 2 is 2.33 bits per heavy atom. The Hall–Kier alpha value is -1.36. The van der Waals surface area contributed by atoms with Gasteiger partial charge in [0.05, 0.1) is 11.6 Å². The zero-order chi connectivity index (χ0) is 14.9. The Bertz CT molecular complexity index is 507. The van der Waals surface area contributed by atoms with Gasteiger partial charge < -0.3 is 5.11 Å². The lowest BCUT2D eigenvalue weighted by molar-refractivity contribution is -0.148. The number of aryl methyl sites for hydroxylation is 1. The van der Waals surface area contributed by atoms with Crippen LogP contribution in [0.2, 0.25) is 0 Å². The predicted molar refractivity (Wildman–Crippen MR) is 79.9 cm³/mol. The molecule has 2 fully saturated rings. The molecule has 2 heterocycles. The SMILES string of the molecule is CCCn1ccc(CN2CCC(C(=O)O)CC23CCC3)n1. The van der Waals surface area contributed by atoms with Gasteiger partial charge >= 0.3 is 5.97 Å². The summed E-state index contributed by atoms with van der Waals surface area (Å²) >= 11 is 0. The molecule has 1 aromatic heterocycles. The second-order valence-corrected chi connectivity index (χ2v) is 6.60. The first kappa shape index (κ1) is 14.6. The number of carboxylic acids is 1. The summed E-state index contributed by atoms with van der Waals surface area (Å²) in [6, 6.07) is 2.10. The molecule has 1 spiro atoms. The van der Waals surface area contributed by atoms with Crippen molar-refractivity contribution in [3.05, 3.63) is 18.0 Å². The van der Waals surface area contributed by atoms with E-state index >= 15 is 0 Å². The van der Waals surface area contributed by atoms with E-state index in [9.17, 15) is 9.90 Å². The zero-order valence-corrected chi connectivity index (χ0v) is 12.8. The monoisotopic (exact) mass is 291 g/mol. The number of aliphatic carboxylic acids is 1. The average molecular weight is 291 g/mol. The molecular formula is C16H25N3O2. The summed E-state index contributed by atoms with van der Waals surface area (Å²) in [5.41, 5.74) is 1.25. The summed E-state index contributed by atoms with van der Waals surface area (Å²) in [6.45, 7) is 4.87. The molecule has 21 heavy (non-hydrogen) atoms. The fraction of sp³-hybridized carbons (Fsp3) is 0.750. The second kappa shape index (κ2) is 5.79. The highest BCUT2D eigenvalue weighted by Crippen LogP contribution is 2.46. The summed E-state index contributed by atoms with van der Waals surface area (Å²) in [7, 11) is 0. The first-order chi connectivity index (χ1) is 10.1. The van der Waals surface area contributed by atoms with Crippen LogP contribution >= 0.6 is 0 Å². The van der Waals surface area contributed by atoms with E-state index in [1.807, 2.05) is 4.68 Å². The molecule has 1 saturated heterocycles. The lowest BCUT2D eigenvalue weighted by atomic mass is 9.67. The minimum atomic E-state index is -0.617. The van der Waals surface area contributed by atoms with Gasteiger partial charge in [-0.05, 0) is 51.1 Å². The van der Waals surface area contributed by atoms with Crippen LogP contribution in [-0.2, 0) is 17.9 Å². The Morgan fingerprint density at radius 1 is 1.52 bits per heavy atom. The molecule has 1 aliphatic carbocycles. The lowest BCUT2D eigenvalue weighted by Gasteiger charge is -2.54. The maximum absolute atomic E-state index is 11.3. The minimum absolute atomic E-state index is 0.135. The van der Waals surface area contributed by atoms with Gasteiger partial charge in [0.2, 0.25) is 0 Å². The average Bonchev–Trinajstić information content (AvgIpc) is 2.85. The molecule has 1 atom stereocenters. The summed E-state index contributed by atoms with van der Waals surface area (Å²) in [5.74, 6) is -0.771. The van der Waals surface area contributed by atoms with E-state index in [0.29, 0.717) is 0 Å². The third kappa shape index (κ3) is 2.84. The third-order valence-corrected chi connectivity index (χ3v) is 5.18. The summed E-state index contributed by atoms with van der Waals surface area (Å²) in [4.78, 5) is 13.8. The van der Waals surface area contributed by atoms with Crippen molar-refractivity contribution in [2.45, 2.75) is 64.1 Å².